The van der Waals surface area contributed by atoms with E-state index in [4.69, 9.17) is 0 Å². The van der Waals surface area contributed by atoms with Crippen molar-refractivity contribution in [1.82, 2.24) is 0 Å². The highest BCUT2D eigenvalue weighted by Gasteiger charge is 2.17. The van der Waals surface area contributed by atoms with Gasteiger partial charge in [0.2, 0.25) is 0 Å². The Labute approximate surface area is 119 Å². The van der Waals surface area contributed by atoms with Crippen molar-refractivity contribution >= 4 is 23.4 Å². The number of aryl methyl sites for hydroxylation is 1. The number of carboxylic acid groups (broad SMARTS) is 1. The standard InChI is InChI=1S/C14H11NO4S/c1-9-6-7-12(10(8-9)14(16)17)20-13-5-3-2-4-11(13)15(18)19/h2-8H,1H3,(H,16,17). The molecule has 2 rings (SSSR count). The zero-order valence-electron chi connectivity index (χ0n) is 10.6. The first kappa shape index (κ1) is 14.1. The Morgan fingerprint density at radius 2 is 1.90 bits per heavy atom. The van der Waals surface area contributed by atoms with Crippen molar-refractivity contribution < 1.29 is 14.8 Å². The van der Waals surface area contributed by atoms with Gasteiger partial charge in [-0.05, 0) is 25.1 Å². The van der Waals surface area contributed by atoms with Crippen molar-refractivity contribution in [2.24, 2.45) is 0 Å². The number of aromatic carboxylic acids is 1. The summed E-state index contributed by atoms with van der Waals surface area (Å²) in [6.07, 6.45) is 0. The molecule has 20 heavy (non-hydrogen) atoms. The van der Waals surface area contributed by atoms with Crippen LogP contribution in [0.25, 0.3) is 0 Å². The predicted octanol–water partition coefficient (Wildman–Crippen LogP) is 3.75. The van der Waals surface area contributed by atoms with Gasteiger partial charge in [-0.1, -0.05) is 35.5 Å². The summed E-state index contributed by atoms with van der Waals surface area (Å²) in [7, 11) is 0. The Kier molecular flexibility index (Phi) is 4.05. The van der Waals surface area contributed by atoms with Crippen molar-refractivity contribution in [2.75, 3.05) is 0 Å². The molecule has 0 atom stereocenters. The molecule has 6 heteroatoms. The summed E-state index contributed by atoms with van der Waals surface area (Å²) < 4.78 is 0. The van der Waals surface area contributed by atoms with E-state index in [0.717, 1.165) is 17.3 Å². The van der Waals surface area contributed by atoms with Crippen molar-refractivity contribution in [2.45, 2.75) is 16.7 Å². The van der Waals surface area contributed by atoms with E-state index in [1.165, 1.54) is 6.07 Å². The fourth-order valence-corrected chi connectivity index (χ4v) is 2.74. The Morgan fingerprint density at radius 1 is 1.20 bits per heavy atom. The first-order valence-corrected chi connectivity index (χ1v) is 6.56. The lowest BCUT2D eigenvalue weighted by molar-refractivity contribution is -0.387. The SMILES string of the molecule is Cc1ccc(Sc2ccccc2[N+](=O)[O-])c(C(=O)O)c1. The molecule has 1 N–H and O–H groups in total. The number of nitro benzene ring substituents is 1. The second-order valence-corrected chi connectivity index (χ2v) is 5.22. The second-order valence-electron chi connectivity index (χ2n) is 4.13. The molecule has 0 unspecified atom stereocenters. The second kappa shape index (κ2) is 5.75. The van der Waals surface area contributed by atoms with Crippen LogP contribution in [0, 0.1) is 17.0 Å². The van der Waals surface area contributed by atoms with Crippen LogP contribution in [0.3, 0.4) is 0 Å². The van der Waals surface area contributed by atoms with Crippen LogP contribution in [0.5, 0.6) is 0 Å². The van der Waals surface area contributed by atoms with Crippen LogP contribution >= 0.6 is 11.8 Å². The predicted molar refractivity (Wildman–Crippen MR) is 75.4 cm³/mol. The number of carbonyl (C=O) groups is 1. The Morgan fingerprint density at radius 3 is 2.55 bits per heavy atom. The Hall–Kier alpha value is -2.34. The number of rotatable bonds is 4. The summed E-state index contributed by atoms with van der Waals surface area (Å²) in [6, 6.07) is 11.3. The van der Waals surface area contributed by atoms with E-state index in [-0.39, 0.29) is 11.3 Å². The van der Waals surface area contributed by atoms with Gasteiger partial charge in [0.15, 0.2) is 0 Å². The molecule has 2 aromatic rings. The van der Waals surface area contributed by atoms with Crippen LogP contribution in [-0.2, 0) is 0 Å². The van der Waals surface area contributed by atoms with Crippen LogP contribution < -0.4 is 0 Å². The largest absolute Gasteiger partial charge is 0.478 e. The van der Waals surface area contributed by atoms with Crippen molar-refractivity contribution in [3.05, 3.63) is 63.7 Å². The third-order valence-corrected chi connectivity index (χ3v) is 3.79. The lowest BCUT2D eigenvalue weighted by atomic mass is 10.1. The van der Waals surface area contributed by atoms with Gasteiger partial charge in [0.05, 0.1) is 15.4 Å². The fraction of sp³-hybridized carbons (Fsp3) is 0.0714. The topological polar surface area (TPSA) is 80.4 Å². The molecule has 0 bridgehead atoms. The molecule has 0 aliphatic carbocycles. The summed E-state index contributed by atoms with van der Waals surface area (Å²) in [4.78, 5) is 22.6. The summed E-state index contributed by atoms with van der Waals surface area (Å²) in [5, 5.41) is 20.2. The van der Waals surface area contributed by atoms with Gasteiger partial charge in [0.25, 0.3) is 5.69 Å². The van der Waals surface area contributed by atoms with Crippen LogP contribution in [0.15, 0.2) is 52.3 Å². The average molecular weight is 289 g/mol. The van der Waals surface area contributed by atoms with E-state index in [9.17, 15) is 20.0 Å². The number of nitro groups is 1. The van der Waals surface area contributed by atoms with Crippen molar-refractivity contribution in [3.8, 4) is 0 Å². The zero-order valence-corrected chi connectivity index (χ0v) is 11.4. The molecule has 2 aromatic carbocycles. The van der Waals surface area contributed by atoms with E-state index >= 15 is 0 Å². The highest BCUT2D eigenvalue weighted by molar-refractivity contribution is 7.99. The molecular weight excluding hydrogens is 278 g/mol. The summed E-state index contributed by atoms with van der Waals surface area (Å²) in [5.74, 6) is -1.05. The fourth-order valence-electron chi connectivity index (χ4n) is 1.71. The minimum absolute atomic E-state index is 0.0330. The summed E-state index contributed by atoms with van der Waals surface area (Å²) in [5.41, 5.74) is 0.942. The maximum absolute atomic E-state index is 11.2. The van der Waals surface area contributed by atoms with Gasteiger partial charge in [-0.15, -0.1) is 0 Å². The molecular formula is C14H11NO4S. The zero-order chi connectivity index (χ0) is 14.7. The number of hydrogen-bond donors (Lipinski definition) is 1. The van der Waals surface area contributed by atoms with E-state index in [0.29, 0.717) is 9.79 Å². The van der Waals surface area contributed by atoms with Gasteiger partial charge in [-0.25, -0.2) is 4.79 Å². The third kappa shape index (κ3) is 2.97. The molecule has 0 aliphatic rings. The van der Waals surface area contributed by atoms with Crippen LogP contribution in [-0.4, -0.2) is 16.0 Å². The smallest absolute Gasteiger partial charge is 0.336 e. The number of para-hydroxylation sites is 1. The van der Waals surface area contributed by atoms with Crippen LogP contribution in [0.1, 0.15) is 15.9 Å². The molecule has 0 saturated heterocycles. The Bertz CT molecular complexity index is 685. The van der Waals surface area contributed by atoms with Gasteiger partial charge < -0.3 is 5.11 Å². The molecule has 102 valence electrons. The average Bonchev–Trinajstić information content (AvgIpc) is 2.41. The molecule has 0 aliphatic heterocycles. The van der Waals surface area contributed by atoms with Crippen LogP contribution in [0.4, 0.5) is 5.69 Å². The highest BCUT2D eigenvalue weighted by atomic mass is 32.2. The maximum Gasteiger partial charge on any atom is 0.336 e. The minimum atomic E-state index is -1.05. The number of hydrogen-bond acceptors (Lipinski definition) is 4. The summed E-state index contributed by atoms with van der Waals surface area (Å²) >= 11 is 1.08. The quantitative estimate of drug-likeness (QED) is 0.684. The van der Waals surface area contributed by atoms with Gasteiger partial charge >= 0.3 is 5.97 Å². The summed E-state index contributed by atoms with van der Waals surface area (Å²) in [6.45, 7) is 1.80. The number of nitrogens with zero attached hydrogens (tertiary/aromatic N) is 1. The highest BCUT2D eigenvalue weighted by Crippen LogP contribution is 2.36. The van der Waals surface area contributed by atoms with E-state index < -0.39 is 10.9 Å². The molecule has 0 heterocycles. The molecule has 0 saturated carbocycles. The lowest BCUT2D eigenvalue weighted by Gasteiger charge is -2.07. The maximum atomic E-state index is 11.2. The molecule has 0 radical (unpaired) electrons. The first-order chi connectivity index (χ1) is 9.49. The third-order valence-electron chi connectivity index (χ3n) is 2.65. The van der Waals surface area contributed by atoms with Crippen molar-refractivity contribution in [1.29, 1.82) is 0 Å². The number of carboxylic acids is 1. The van der Waals surface area contributed by atoms with Gasteiger partial charge in [-0.3, -0.25) is 10.1 Å². The van der Waals surface area contributed by atoms with Gasteiger partial charge in [0.1, 0.15) is 0 Å². The monoisotopic (exact) mass is 289 g/mol. The lowest BCUT2D eigenvalue weighted by Crippen LogP contribution is -1.99. The molecule has 0 amide bonds. The number of benzene rings is 2. The molecule has 0 aromatic heterocycles. The minimum Gasteiger partial charge on any atom is -0.478 e. The first-order valence-electron chi connectivity index (χ1n) is 5.74. The van der Waals surface area contributed by atoms with Gasteiger partial charge in [0, 0.05) is 11.0 Å². The molecule has 5 nitrogen and oxygen atoms in total. The Balaban J connectivity index is 2.45. The van der Waals surface area contributed by atoms with Crippen LogP contribution in [0.2, 0.25) is 0 Å². The van der Waals surface area contributed by atoms with E-state index in [1.54, 1.807) is 43.3 Å². The van der Waals surface area contributed by atoms with Gasteiger partial charge in [-0.2, -0.15) is 0 Å². The normalized spacial score (nSPS) is 10.2. The van der Waals surface area contributed by atoms with E-state index in [1.807, 2.05) is 0 Å². The molecule has 0 fully saturated rings. The van der Waals surface area contributed by atoms with Crippen molar-refractivity contribution in [3.63, 3.8) is 0 Å². The molecule has 0 spiro atoms. The van der Waals surface area contributed by atoms with E-state index in [2.05, 4.69) is 0 Å².